The van der Waals surface area contributed by atoms with Gasteiger partial charge in [-0.05, 0) is 35.2 Å². The molecule has 0 saturated carbocycles. The Kier molecular flexibility index (Phi) is 5.18. The Bertz CT molecular complexity index is 836. The normalized spacial score (nSPS) is 15.2. The van der Waals surface area contributed by atoms with Gasteiger partial charge in [0.15, 0.2) is 17.5 Å². The summed E-state index contributed by atoms with van der Waals surface area (Å²) in [6.45, 7) is 8.42. The maximum atomic E-state index is 13.9. The molecule has 1 aliphatic rings. The number of piperazine rings is 1. The first kappa shape index (κ1) is 19.3. The molecule has 0 N–H and O–H groups in total. The van der Waals surface area contributed by atoms with E-state index < -0.39 is 28.9 Å². The average Bonchev–Trinajstić information content (AvgIpc) is 2.65. The second kappa shape index (κ2) is 7.25. The molecule has 1 fully saturated rings. The van der Waals surface area contributed by atoms with Gasteiger partial charge in [-0.2, -0.15) is 0 Å². The third-order valence-electron chi connectivity index (χ3n) is 4.93. The Balaban J connectivity index is 1.67. The van der Waals surface area contributed by atoms with Crippen LogP contribution in [0.5, 0.6) is 0 Å². The number of rotatable bonds is 2. The molecule has 1 aliphatic heterocycles. The summed E-state index contributed by atoms with van der Waals surface area (Å²) in [5.41, 5.74) is 1.96. The molecule has 0 spiro atoms. The largest absolute Gasteiger partial charge is 0.368 e. The van der Waals surface area contributed by atoms with Crippen molar-refractivity contribution in [1.82, 2.24) is 4.90 Å². The molecule has 0 aromatic heterocycles. The smallest absolute Gasteiger partial charge is 0.257 e. The molecule has 6 heteroatoms. The van der Waals surface area contributed by atoms with Gasteiger partial charge in [0.1, 0.15) is 0 Å². The number of benzene rings is 2. The van der Waals surface area contributed by atoms with Crippen molar-refractivity contribution < 1.29 is 18.0 Å². The van der Waals surface area contributed by atoms with Gasteiger partial charge in [0.05, 0.1) is 5.56 Å². The second-order valence-corrected chi connectivity index (χ2v) is 7.80. The van der Waals surface area contributed by atoms with Crippen LogP contribution in [0.1, 0.15) is 36.7 Å². The van der Waals surface area contributed by atoms with Gasteiger partial charge >= 0.3 is 0 Å². The molecule has 3 nitrogen and oxygen atoms in total. The summed E-state index contributed by atoms with van der Waals surface area (Å²) in [6, 6.07) is 10.1. The van der Waals surface area contributed by atoms with Gasteiger partial charge in [-0.25, -0.2) is 13.2 Å². The molecule has 0 bridgehead atoms. The molecule has 0 aliphatic carbocycles. The molecule has 0 radical (unpaired) electrons. The molecule has 2 aromatic carbocycles. The molecule has 1 amide bonds. The number of halogens is 3. The van der Waals surface area contributed by atoms with Crippen LogP contribution in [0.2, 0.25) is 0 Å². The van der Waals surface area contributed by atoms with Crippen LogP contribution in [0.15, 0.2) is 36.4 Å². The van der Waals surface area contributed by atoms with Gasteiger partial charge in [-0.1, -0.05) is 32.9 Å². The molecule has 0 atom stereocenters. The molecule has 144 valence electrons. The maximum Gasteiger partial charge on any atom is 0.257 e. The summed E-state index contributed by atoms with van der Waals surface area (Å²) in [7, 11) is 0. The van der Waals surface area contributed by atoms with Crippen LogP contribution in [0, 0.1) is 17.5 Å². The van der Waals surface area contributed by atoms with Gasteiger partial charge in [-0.15, -0.1) is 0 Å². The summed E-state index contributed by atoms with van der Waals surface area (Å²) in [4.78, 5) is 16.1. The fraction of sp³-hybridized carbons (Fsp3) is 0.381. The monoisotopic (exact) mass is 376 g/mol. The molecule has 1 heterocycles. The third kappa shape index (κ3) is 3.94. The van der Waals surface area contributed by atoms with E-state index in [2.05, 4.69) is 49.9 Å². The maximum absolute atomic E-state index is 13.9. The molecular weight excluding hydrogens is 353 g/mol. The van der Waals surface area contributed by atoms with Gasteiger partial charge in [0.2, 0.25) is 0 Å². The summed E-state index contributed by atoms with van der Waals surface area (Å²) in [5.74, 6) is -4.96. The van der Waals surface area contributed by atoms with Gasteiger partial charge in [0.25, 0.3) is 5.91 Å². The highest BCUT2D eigenvalue weighted by molar-refractivity contribution is 5.94. The quantitative estimate of drug-likeness (QED) is 0.727. The highest BCUT2D eigenvalue weighted by Gasteiger charge is 2.26. The molecular formula is C21H23F3N2O. The summed E-state index contributed by atoms with van der Waals surface area (Å²) >= 11 is 0. The van der Waals surface area contributed by atoms with Crippen LogP contribution in [0.4, 0.5) is 18.9 Å². The van der Waals surface area contributed by atoms with E-state index in [1.165, 1.54) is 10.5 Å². The Hall–Kier alpha value is -2.50. The highest BCUT2D eigenvalue weighted by Crippen LogP contribution is 2.26. The van der Waals surface area contributed by atoms with Crippen LogP contribution >= 0.6 is 0 Å². The van der Waals surface area contributed by atoms with Crippen molar-refractivity contribution >= 4 is 11.6 Å². The minimum atomic E-state index is -1.61. The first-order chi connectivity index (χ1) is 12.7. The number of hydrogen-bond acceptors (Lipinski definition) is 2. The van der Waals surface area contributed by atoms with Crippen molar-refractivity contribution in [2.75, 3.05) is 31.1 Å². The van der Waals surface area contributed by atoms with E-state index in [9.17, 15) is 18.0 Å². The van der Waals surface area contributed by atoms with E-state index in [4.69, 9.17) is 0 Å². The standard InChI is InChI=1S/C21H23F3N2O/c1-21(2,3)14-4-6-15(7-5-14)25-10-12-26(13-11-25)20(27)16-8-9-17(22)19(24)18(16)23/h4-9H,10-13H2,1-3H3. The minimum Gasteiger partial charge on any atom is -0.368 e. The predicted molar refractivity (Wildman–Crippen MR) is 99.6 cm³/mol. The lowest BCUT2D eigenvalue weighted by Crippen LogP contribution is -2.49. The van der Waals surface area contributed by atoms with Crippen LogP contribution in [0.3, 0.4) is 0 Å². The van der Waals surface area contributed by atoms with E-state index in [0.717, 1.165) is 17.8 Å². The summed E-state index contributed by atoms with van der Waals surface area (Å²) in [5, 5.41) is 0. The minimum absolute atomic E-state index is 0.0815. The molecule has 1 saturated heterocycles. The van der Waals surface area contributed by atoms with E-state index in [1.54, 1.807) is 0 Å². The van der Waals surface area contributed by atoms with E-state index in [1.807, 2.05) is 0 Å². The molecule has 3 rings (SSSR count). The van der Waals surface area contributed by atoms with Crippen LogP contribution in [0.25, 0.3) is 0 Å². The highest BCUT2D eigenvalue weighted by atomic mass is 19.2. The Morgan fingerprint density at radius 2 is 1.44 bits per heavy atom. The first-order valence-corrected chi connectivity index (χ1v) is 8.97. The fourth-order valence-electron chi connectivity index (χ4n) is 3.20. The summed E-state index contributed by atoms with van der Waals surface area (Å²) in [6.07, 6.45) is 0. The third-order valence-corrected chi connectivity index (χ3v) is 4.93. The zero-order chi connectivity index (χ0) is 19.8. The average molecular weight is 376 g/mol. The number of hydrogen-bond donors (Lipinski definition) is 0. The van der Waals surface area contributed by atoms with Crippen molar-refractivity contribution in [3.63, 3.8) is 0 Å². The van der Waals surface area contributed by atoms with Gasteiger partial charge in [0, 0.05) is 31.9 Å². The van der Waals surface area contributed by atoms with Crippen molar-refractivity contribution in [2.24, 2.45) is 0 Å². The van der Waals surface area contributed by atoms with Crippen molar-refractivity contribution in [1.29, 1.82) is 0 Å². The number of carbonyl (C=O) groups excluding carboxylic acids is 1. The zero-order valence-corrected chi connectivity index (χ0v) is 15.7. The van der Waals surface area contributed by atoms with Crippen molar-refractivity contribution in [3.8, 4) is 0 Å². The number of nitrogens with zero attached hydrogens (tertiary/aromatic N) is 2. The van der Waals surface area contributed by atoms with Gasteiger partial charge < -0.3 is 9.80 Å². The zero-order valence-electron chi connectivity index (χ0n) is 15.7. The Labute approximate surface area is 157 Å². The van der Waals surface area contributed by atoms with Crippen LogP contribution in [-0.2, 0) is 5.41 Å². The van der Waals surface area contributed by atoms with Crippen LogP contribution < -0.4 is 4.90 Å². The lowest BCUT2D eigenvalue weighted by Gasteiger charge is -2.36. The van der Waals surface area contributed by atoms with Crippen LogP contribution in [-0.4, -0.2) is 37.0 Å². The second-order valence-electron chi connectivity index (χ2n) is 7.80. The lowest BCUT2D eigenvalue weighted by molar-refractivity contribution is 0.0740. The van der Waals surface area contributed by atoms with E-state index in [0.29, 0.717) is 26.2 Å². The topological polar surface area (TPSA) is 23.6 Å². The van der Waals surface area contributed by atoms with E-state index in [-0.39, 0.29) is 5.41 Å². The molecule has 27 heavy (non-hydrogen) atoms. The van der Waals surface area contributed by atoms with Crippen molar-refractivity contribution in [2.45, 2.75) is 26.2 Å². The van der Waals surface area contributed by atoms with Gasteiger partial charge in [-0.3, -0.25) is 4.79 Å². The number of carbonyl (C=O) groups is 1. The fourth-order valence-corrected chi connectivity index (χ4v) is 3.20. The lowest BCUT2D eigenvalue weighted by atomic mass is 9.87. The predicted octanol–water partition coefficient (Wildman–Crippen LogP) is 4.36. The molecule has 0 unspecified atom stereocenters. The van der Waals surface area contributed by atoms with Crippen molar-refractivity contribution in [3.05, 3.63) is 65.0 Å². The molecule has 2 aromatic rings. The number of amides is 1. The van der Waals surface area contributed by atoms with E-state index >= 15 is 0 Å². The first-order valence-electron chi connectivity index (χ1n) is 8.97. The Morgan fingerprint density at radius 3 is 2.00 bits per heavy atom. The summed E-state index contributed by atoms with van der Waals surface area (Å²) < 4.78 is 40.3. The Morgan fingerprint density at radius 1 is 0.852 bits per heavy atom. The SMILES string of the molecule is CC(C)(C)c1ccc(N2CCN(C(=O)c3ccc(F)c(F)c3F)CC2)cc1. The number of anilines is 1.